The molecule has 4 aromatic rings. The third kappa shape index (κ3) is 9.74. The molecule has 0 radical (unpaired) electrons. The van der Waals surface area contributed by atoms with Crippen molar-refractivity contribution in [1.29, 1.82) is 0 Å². The number of ether oxygens (including phenoxy) is 1. The molecule has 4 atom stereocenters. The van der Waals surface area contributed by atoms with E-state index in [0.717, 1.165) is 27.8 Å². The van der Waals surface area contributed by atoms with Gasteiger partial charge in [0.25, 0.3) is 13.2 Å². The molecule has 1 heterocycles. The van der Waals surface area contributed by atoms with Crippen LogP contribution in [0, 0.1) is 10.1 Å². The Hall–Kier alpha value is -5.89. The maximum atomic E-state index is 14.4. The van der Waals surface area contributed by atoms with Gasteiger partial charge in [0.1, 0.15) is 25.0 Å². The van der Waals surface area contributed by atoms with Crippen molar-refractivity contribution in [3.8, 4) is 11.1 Å². The van der Waals surface area contributed by atoms with Gasteiger partial charge in [0.15, 0.2) is 0 Å². The summed E-state index contributed by atoms with van der Waals surface area (Å²) in [7, 11) is -3.85. The van der Waals surface area contributed by atoms with E-state index < -0.39 is 60.7 Å². The van der Waals surface area contributed by atoms with Crippen LogP contribution in [0.15, 0.2) is 103 Å². The standard InChI is InChI=1S/C41H45N6O9P/c1-3-56-57(54,26-42-38(48)27(2)43-41(51)55-25-35-33-16-9-7-14-31(33)32-15-8-10-17-34(32)35)46-23-11-18-37(46)40(50)45-36(24-28-12-5-4-6-13-28)39(49)44-29-19-21-30(22-20-29)47(52)53/h4-10,12-17,19-22,27,35-37H,3,11,18,23-26H2,1-2H3,(H,42,48)(H,43,51)(H,44,49)(H,45,50)/t27-,36-,37-,57-/m0/s1. The third-order valence-corrected chi connectivity index (χ3v) is 12.5. The lowest BCUT2D eigenvalue weighted by Crippen LogP contribution is -2.51. The summed E-state index contributed by atoms with van der Waals surface area (Å²) < 4.78 is 27.2. The number of nitro groups is 1. The van der Waals surface area contributed by atoms with E-state index in [9.17, 15) is 33.9 Å². The summed E-state index contributed by atoms with van der Waals surface area (Å²) >= 11 is 0. The number of rotatable bonds is 16. The second-order valence-electron chi connectivity index (χ2n) is 13.8. The molecule has 4 N–H and O–H groups in total. The molecule has 15 nitrogen and oxygen atoms in total. The summed E-state index contributed by atoms with van der Waals surface area (Å²) in [6.07, 6.45) is -0.272. The van der Waals surface area contributed by atoms with Crippen molar-refractivity contribution in [1.82, 2.24) is 20.6 Å². The Kier molecular flexibility index (Phi) is 13.1. The van der Waals surface area contributed by atoms with Gasteiger partial charge in [0, 0.05) is 36.7 Å². The Labute approximate surface area is 330 Å². The molecule has 298 valence electrons. The predicted molar refractivity (Wildman–Crippen MR) is 213 cm³/mol. The molecule has 2 aliphatic rings. The van der Waals surface area contributed by atoms with E-state index in [1.165, 1.54) is 35.9 Å². The molecule has 0 spiro atoms. The fourth-order valence-electron chi connectivity index (χ4n) is 7.23. The van der Waals surface area contributed by atoms with Gasteiger partial charge in [-0.3, -0.25) is 29.1 Å². The number of carbonyl (C=O) groups is 4. The van der Waals surface area contributed by atoms with Crippen LogP contribution in [0.1, 0.15) is 49.3 Å². The van der Waals surface area contributed by atoms with Crippen molar-refractivity contribution < 1.29 is 37.9 Å². The van der Waals surface area contributed by atoms with Gasteiger partial charge >= 0.3 is 6.09 Å². The highest BCUT2D eigenvalue weighted by atomic mass is 31.2. The van der Waals surface area contributed by atoms with Gasteiger partial charge in [0.05, 0.1) is 17.6 Å². The van der Waals surface area contributed by atoms with Gasteiger partial charge in [-0.1, -0.05) is 78.9 Å². The first-order chi connectivity index (χ1) is 27.5. The first-order valence-electron chi connectivity index (χ1n) is 18.8. The van der Waals surface area contributed by atoms with Crippen LogP contribution in [0.3, 0.4) is 0 Å². The van der Waals surface area contributed by atoms with Crippen LogP contribution in [0.25, 0.3) is 11.1 Å². The number of nitrogens with one attached hydrogen (secondary N) is 4. The first kappa shape index (κ1) is 40.8. The van der Waals surface area contributed by atoms with Crippen molar-refractivity contribution in [3.05, 3.63) is 130 Å². The number of non-ortho nitro benzene ring substituents is 1. The number of alkyl carbamates (subject to hydrolysis) is 1. The van der Waals surface area contributed by atoms with Gasteiger partial charge in [-0.2, -0.15) is 0 Å². The minimum Gasteiger partial charge on any atom is -0.449 e. The molecule has 0 bridgehead atoms. The Morgan fingerprint density at radius 2 is 1.51 bits per heavy atom. The fraction of sp³-hybridized carbons (Fsp3) is 0.317. The molecule has 1 aliphatic heterocycles. The van der Waals surface area contributed by atoms with Crippen molar-refractivity contribution in [2.75, 3.05) is 31.4 Å². The van der Waals surface area contributed by atoms with Gasteiger partial charge in [0.2, 0.25) is 17.7 Å². The van der Waals surface area contributed by atoms with Crippen LogP contribution >= 0.6 is 7.52 Å². The summed E-state index contributed by atoms with van der Waals surface area (Å²) in [6.45, 7) is 3.45. The molecule has 4 amide bonds. The van der Waals surface area contributed by atoms with E-state index in [1.807, 2.05) is 78.9 Å². The highest BCUT2D eigenvalue weighted by molar-refractivity contribution is 7.56. The van der Waals surface area contributed by atoms with Crippen molar-refractivity contribution in [2.24, 2.45) is 0 Å². The van der Waals surface area contributed by atoms with Gasteiger partial charge < -0.3 is 30.5 Å². The minimum atomic E-state index is -3.85. The molecule has 1 saturated heterocycles. The number of benzene rings is 4. The summed E-state index contributed by atoms with van der Waals surface area (Å²) in [5.41, 5.74) is 5.21. The molecule has 0 saturated carbocycles. The Morgan fingerprint density at radius 3 is 2.14 bits per heavy atom. The number of hydrogen-bond acceptors (Lipinski definition) is 9. The summed E-state index contributed by atoms with van der Waals surface area (Å²) in [5.74, 6) is -1.89. The van der Waals surface area contributed by atoms with E-state index in [4.69, 9.17) is 9.26 Å². The zero-order valence-electron chi connectivity index (χ0n) is 31.6. The van der Waals surface area contributed by atoms with E-state index in [-0.39, 0.29) is 37.8 Å². The van der Waals surface area contributed by atoms with E-state index in [1.54, 1.807) is 6.92 Å². The normalized spacial score (nSPS) is 16.9. The lowest BCUT2D eigenvalue weighted by atomic mass is 9.98. The quantitative estimate of drug-likeness (QED) is 0.0597. The maximum absolute atomic E-state index is 14.4. The van der Waals surface area contributed by atoms with Crippen molar-refractivity contribution in [2.45, 2.75) is 57.2 Å². The molecule has 16 heteroatoms. The maximum Gasteiger partial charge on any atom is 0.407 e. The molecule has 0 aromatic heterocycles. The zero-order chi connectivity index (χ0) is 40.5. The Morgan fingerprint density at radius 1 is 0.877 bits per heavy atom. The number of anilines is 1. The summed E-state index contributed by atoms with van der Waals surface area (Å²) in [5, 5.41) is 21.8. The van der Waals surface area contributed by atoms with Crippen LogP contribution in [-0.2, 0) is 34.6 Å². The predicted octanol–water partition coefficient (Wildman–Crippen LogP) is 5.96. The monoisotopic (exact) mass is 796 g/mol. The van der Waals surface area contributed by atoms with Crippen LogP contribution < -0.4 is 21.3 Å². The highest BCUT2D eigenvalue weighted by Gasteiger charge is 2.44. The molecule has 4 aromatic carbocycles. The highest BCUT2D eigenvalue weighted by Crippen LogP contribution is 2.53. The van der Waals surface area contributed by atoms with Gasteiger partial charge in [-0.25, -0.2) is 9.46 Å². The zero-order valence-corrected chi connectivity index (χ0v) is 32.5. The molecule has 0 unspecified atom stereocenters. The van der Waals surface area contributed by atoms with Crippen molar-refractivity contribution >= 4 is 42.7 Å². The Balaban J connectivity index is 1.06. The van der Waals surface area contributed by atoms with Crippen LogP contribution in [0.2, 0.25) is 0 Å². The SMILES string of the molecule is CCO[P@@](=O)(CNC(=O)[C@H](C)NC(=O)OCC1c2ccccc2-c2ccccc21)N1CCC[C@H]1C(=O)N[C@@H](Cc1ccccc1)C(=O)Nc1ccc([N+](=O)[O-])cc1. The third-order valence-electron chi connectivity index (χ3n) is 10.0. The lowest BCUT2D eigenvalue weighted by molar-refractivity contribution is -0.384. The second-order valence-corrected chi connectivity index (χ2v) is 16.2. The van der Waals surface area contributed by atoms with E-state index in [0.29, 0.717) is 18.5 Å². The Bertz CT molecular complexity index is 2110. The number of nitrogens with zero attached hydrogens (tertiary/aromatic N) is 2. The van der Waals surface area contributed by atoms with Crippen LogP contribution in [-0.4, -0.2) is 77.6 Å². The van der Waals surface area contributed by atoms with Crippen LogP contribution in [0.5, 0.6) is 0 Å². The number of nitro benzene ring substituents is 1. The second kappa shape index (κ2) is 18.4. The van der Waals surface area contributed by atoms with Crippen molar-refractivity contribution in [3.63, 3.8) is 0 Å². The molecule has 6 rings (SSSR count). The minimum absolute atomic E-state index is 0.0276. The summed E-state index contributed by atoms with van der Waals surface area (Å²) in [4.78, 5) is 64.1. The molecular weight excluding hydrogens is 751 g/mol. The number of amides is 4. The smallest absolute Gasteiger partial charge is 0.407 e. The van der Waals surface area contributed by atoms with E-state index in [2.05, 4.69) is 21.3 Å². The first-order valence-corrected chi connectivity index (χ1v) is 20.5. The lowest BCUT2D eigenvalue weighted by Gasteiger charge is -2.32. The summed E-state index contributed by atoms with van der Waals surface area (Å²) in [6, 6.07) is 27.2. The number of carbonyl (C=O) groups excluding carboxylic acids is 4. The van der Waals surface area contributed by atoms with Gasteiger partial charge in [-0.15, -0.1) is 0 Å². The fourth-order valence-corrected chi connectivity index (χ4v) is 9.50. The van der Waals surface area contributed by atoms with E-state index >= 15 is 0 Å². The molecule has 57 heavy (non-hydrogen) atoms. The van der Waals surface area contributed by atoms with Crippen LogP contribution in [0.4, 0.5) is 16.2 Å². The average Bonchev–Trinajstić information content (AvgIpc) is 3.84. The molecule has 1 fully saturated rings. The molecule has 1 aliphatic carbocycles. The largest absolute Gasteiger partial charge is 0.449 e. The number of hydrogen-bond donors (Lipinski definition) is 4. The topological polar surface area (TPSA) is 198 Å². The average molecular weight is 797 g/mol. The number of fused-ring (bicyclic) bond motifs is 3. The molecular formula is C41H45N6O9P. The van der Waals surface area contributed by atoms with Gasteiger partial charge in [-0.05, 0) is 66.6 Å².